The van der Waals surface area contributed by atoms with E-state index in [-0.39, 0.29) is 74.8 Å². The van der Waals surface area contributed by atoms with Gasteiger partial charge >= 0.3 is 17.7 Å². The second kappa shape index (κ2) is 9.56. The number of aromatic nitrogens is 2. The van der Waals surface area contributed by atoms with Gasteiger partial charge in [0.2, 0.25) is 0 Å². The van der Waals surface area contributed by atoms with Crippen molar-refractivity contribution in [3.8, 4) is 6.01 Å². The fourth-order valence-electron chi connectivity index (χ4n) is 11.3. The molecule has 0 amide bonds. The molecule has 1 aromatic heterocycles. The fourth-order valence-corrected chi connectivity index (χ4v) is 11.3. The van der Waals surface area contributed by atoms with Crippen LogP contribution in [0.2, 0.25) is 0 Å². The summed E-state index contributed by atoms with van der Waals surface area (Å²) in [5, 5.41) is 3.76. The Kier molecular flexibility index (Phi) is 6.81. The van der Waals surface area contributed by atoms with Crippen LogP contribution >= 0.6 is 0 Å². The molecular formula is C35H52N2O6. The summed E-state index contributed by atoms with van der Waals surface area (Å²) in [6.45, 7) is 20.0. The lowest BCUT2D eigenvalue weighted by Gasteiger charge is -2.70. The largest absolute Gasteiger partial charge is 0.463 e. The Morgan fingerprint density at radius 1 is 0.977 bits per heavy atom. The number of rotatable bonds is 4. The number of nitrogens with one attached hydrogen (secondary N) is 1. The number of ether oxygens (including phenoxy) is 2. The minimum absolute atomic E-state index is 0.0789. The fraction of sp³-hybridized carbons (Fsp3) is 0.829. The third-order valence-corrected chi connectivity index (χ3v) is 14.0. The average Bonchev–Trinajstić information content (AvgIpc) is 3.32. The molecule has 238 valence electrons. The molecule has 6 rings (SSSR count). The smallest absolute Gasteiger partial charge is 0.441 e. The van der Waals surface area contributed by atoms with E-state index in [1.807, 2.05) is 13.8 Å². The van der Waals surface area contributed by atoms with Crippen molar-refractivity contribution in [2.24, 2.45) is 50.2 Å². The van der Waals surface area contributed by atoms with Gasteiger partial charge in [0.1, 0.15) is 6.10 Å². The highest BCUT2D eigenvalue weighted by Gasteiger charge is 2.70. The van der Waals surface area contributed by atoms with Crippen molar-refractivity contribution < 1.29 is 23.6 Å². The van der Waals surface area contributed by atoms with Gasteiger partial charge in [-0.15, -0.1) is 0 Å². The van der Waals surface area contributed by atoms with Crippen LogP contribution in [0, 0.1) is 50.2 Å². The lowest BCUT2D eigenvalue weighted by atomic mass is 9.33. The van der Waals surface area contributed by atoms with Crippen LogP contribution < -0.4 is 10.5 Å². The molecule has 8 nitrogen and oxygen atoms in total. The number of hydrogen-bond acceptors (Lipinski definition) is 7. The Labute approximate surface area is 256 Å². The maximum Gasteiger partial charge on any atom is 0.441 e. The predicted molar refractivity (Wildman–Crippen MR) is 162 cm³/mol. The Hall–Kier alpha value is -2.38. The van der Waals surface area contributed by atoms with Gasteiger partial charge in [-0.25, -0.2) is 9.78 Å². The number of hydrogen-bond donors (Lipinski definition) is 1. The molecule has 0 spiro atoms. The molecule has 4 fully saturated rings. The molecule has 8 heteroatoms. The van der Waals surface area contributed by atoms with Crippen molar-refractivity contribution in [2.45, 2.75) is 132 Å². The standard InChI is InChI=1S/C35H52N2O6/c1-20(2)41-27(39)32(6)15-14-31(5)16-17-34(8)21(22(31)19-32)18-23(38)26-33(7)12-11-25(42-28-36-29(40)43-37-28)30(3,4)24(33)10-13-35(26,34)9/h18,20,22,24-26H,10-17,19H2,1-9H3,(H,36,37,40)/t22-,24-,25-,26+,31+,32-,33-,34+,35+/m0/s1. The molecule has 0 aliphatic heterocycles. The number of ketones is 1. The number of carbonyl (C=O) groups excluding carboxylic acids is 2. The van der Waals surface area contributed by atoms with Crippen molar-refractivity contribution in [2.75, 3.05) is 0 Å². The summed E-state index contributed by atoms with van der Waals surface area (Å²) in [7, 11) is 0. The Balaban J connectivity index is 1.35. The van der Waals surface area contributed by atoms with Gasteiger partial charge in [-0.2, -0.15) is 0 Å². The molecule has 0 bridgehead atoms. The minimum Gasteiger partial charge on any atom is -0.463 e. The zero-order valence-electron chi connectivity index (χ0n) is 27.7. The zero-order valence-corrected chi connectivity index (χ0v) is 27.7. The van der Waals surface area contributed by atoms with Crippen LogP contribution in [0.4, 0.5) is 0 Å². The van der Waals surface area contributed by atoms with Crippen LogP contribution in [0.3, 0.4) is 0 Å². The second-order valence-electron chi connectivity index (χ2n) is 17.1. The normalized spacial score (nSPS) is 45.3. The quantitative estimate of drug-likeness (QED) is 0.371. The average molecular weight is 597 g/mol. The number of nitrogens with zero attached hydrogens (tertiary/aromatic N) is 1. The van der Waals surface area contributed by atoms with Crippen molar-refractivity contribution in [3.63, 3.8) is 0 Å². The maximum atomic E-state index is 14.6. The first-order valence-electron chi connectivity index (χ1n) is 16.6. The topological polar surface area (TPSA) is 111 Å². The highest BCUT2D eigenvalue weighted by Crippen LogP contribution is 2.75. The highest BCUT2D eigenvalue weighted by atomic mass is 16.6. The molecule has 1 heterocycles. The molecular weight excluding hydrogens is 544 g/mol. The molecule has 1 N–H and O–H groups in total. The van der Waals surface area contributed by atoms with Crippen LogP contribution in [0.5, 0.6) is 6.01 Å². The molecule has 43 heavy (non-hydrogen) atoms. The van der Waals surface area contributed by atoms with Gasteiger partial charge in [-0.05, 0) is 123 Å². The summed E-state index contributed by atoms with van der Waals surface area (Å²) in [4.78, 5) is 42.1. The molecule has 0 saturated heterocycles. The monoisotopic (exact) mass is 596 g/mol. The van der Waals surface area contributed by atoms with Crippen molar-refractivity contribution >= 4 is 11.8 Å². The molecule has 9 atom stereocenters. The predicted octanol–water partition coefficient (Wildman–Crippen LogP) is 7.04. The highest BCUT2D eigenvalue weighted by molar-refractivity contribution is 5.95. The number of carbonyl (C=O) groups is 2. The maximum absolute atomic E-state index is 14.6. The Morgan fingerprint density at radius 3 is 2.33 bits per heavy atom. The van der Waals surface area contributed by atoms with E-state index in [4.69, 9.17) is 9.47 Å². The summed E-state index contributed by atoms with van der Waals surface area (Å²) < 4.78 is 16.7. The number of esters is 1. The van der Waals surface area contributed by atoms with Crippen LogP contribution in [0.1, 0.15) is 120 Å². The SMILES string of the molecule is CC(C)OC(=O)[C@@]1(C)CC[C@]2(C)CC[C@]3(C)C(=CC(=O)[C@@H]4[C@@]5(C)CC[C@H](Oc6noc(=O)[nH]6)C(C)(C)[C@@H]5CC[C@]43C)[C@@H]2C1. The van der Waals surface area contributed by atoms with Gasteiger partial charge in [0.25, 0.3) is 0 Å². The summed E-state index contributed by atoms with van der Waals surface area (Å²) in [5.74, 6) is -0.0428. The molecule has 1 aromatic rings. The van der Waals surface area contributed by atoms with Gasteiger partial charge in [0, 0.05) is 11.3 Å². The van der Waals surface area contributed by atoms with E-state index in [2.05, 4.69) is 69.2 Å². The molecule has 5 aliphatic carbocycles. The van der Waals surface area contributed by atoms with Gasteiger partial charge < -0.3 is 9.47 Å². The zero-order chi connectivity index (χ0) is 31.4. The molecule has 0 aromatic carbocycles. The van der Waals surface area contributed by atoms with E-state index in [0.29, 0.717) is 0 Å². The number of H-pyrrole nitrogens is 1. The molecule has 5 aliphatic rings. The third kappa shape index (κ3) is 4.27. The summed E-state index contributed by atoms with van der Waals surface area (Å²) in [5.41, 5.74) is 0.167. The van der Waals surface area contributed by atoms with Crippen LogP contribution in [0.25, 0.3) is 0 Å². The first kappa shape index (κ1) is 30.6. The van der Waals surface area contributed by atoms with Crippen molar-refractivity contribution in [1.29, 1.82) is 0 Å². The Bertz CT molecular complexity index is 1410. The number of allylic oxidation sites excluding steroid dienone is 2. The lowest BCUT2D eigenvalue weighted by Crippen LogP contribution is -2.67. The van der Waals surface area contributed by atoms with Gasteiger partial charge in [0.15, 0.2) is 5.78 Å². The lowest BCUT2D eigenvalue weighted by molar-refractivity contribution is -0.200. The van der Waals surface area contributed by atoms with Gasteiger partial charge in [0.05, 0.1) is 11.5 Å². The first-order valence-corrected chi connectivity index (χ1v) is 16.6. The van der Waals surface area contributed by atoms with E-state index in [1.165, 1.54) is 5.57 Å². The van der Waals surface area contributed by atoms with E-state index >= 15 is 0 Å². The van der Waals surface area contributed by atoms with Crippen molar-refractivity contribution in [3.05, 3.63) is 22.2 Å². The van der Waals surface area contributed by atoms with Crippen LogP contribution in [-0.2, 0) is 14.3 Å². The van der Waals surface area contributed by atoms with Crippen molar-refractivity contribution in [1.82, 2.24) is 10.1 Å². The van der Waals surface area contributed by atoms with Crippen LogP contribution in [-0.4, -0.2) is 34.1 Å². The van der Waals surface area contributed by atoms with E-state index in [0.717, 1.165) is 57.8 Å². The van der Waals surface area contributed by atoms with E-state index in [9.17, 15) is 14.4 Å². The minimum atomic E-state index is -0.621. The third-order valence-electron chi connectivity index (χ3n) is 14.0. The van der Waals surface area contributed by atoms with E-state index in [1.54, 1.807) is 0 Å². The molecule has 0 radical (unpaired) electrons. The van der Waals surface area contributed by atoms with Gasteiger partial charge in [-0.3, -0.25) is 14.1 Å². The second-order valence-corrected chi connectivity index (χ2v) is 17.1. The van der Waals surface area contributed by atoms with E-state index < -0.39 is 11.2 Å². The molecule has 4 saturated carbocycles. The summed E-state index contributed by atoms with van der Waals surface area (Å²) in [6.07, 6.45) is 10.2. The number of fused-ring (bicyclic) bond motifs is 7. The first-order chi connectivity index (χ1) is 19.9. The number of aromatic amines is 1. The summed E-state index contributed by atoms with van der Waals surface area (Å²) >= 11 is 0. The van der Waals surface area contributed by atoms with Crippen LogP contribution in [0.15, 0.2) is 21.0 Å². The summed E-state index contributed by atoms with van der Waals surface area (Å²) in [6, 6.07) is 0.128. The Morgan fingerprint density at radius 2 is 1.67 bits per heavy atom. The molecule has 0 unspecified atom stereocenters. The van der Waals surface area contributed by atoms with Gasteiger partial charge in [-0.1, -0.05) is 47.1 Å².